The van der Waals surface area contributed by atoms with E-state index in [0.29, 0.717) is 30.2 Å². The fraction of sp³-hybridized carbons (Fsp3) is 0.278. The predicted octanol–water partition coefficient (Wildman–Crippen LogP) is 3.15. The molecule has 0 fully saturated rings. The van der Waals surface area contributed by atoms with Gasteiger partial charge < -0.3 is 24.8 Å². The maximum atomic E-state index is 12.1. The number of methoxy groups -OCH3 is 3. The number of carbonyl (C=O) groups is 1. The molecule has 0 saturated heterocycles. The molecule has 24 heavy (non-hydrogen) atoms. The first-order chi connectivity index (χ1) is 11.7. The van der Waals surface area contributed by atoms with E-state index in [9.17, 15) is 4.79 Å². The topological polar surface area (TPSA) is 68.8 Å². The molecule has 0 saturated carbocycles. The number of hydrogen-bond acceptors (Lipinski definition) is 5. The zero-order chi connectivity index (χ0) is 17.4. The Bertz CT molecular complexity index is 671. The lowest BCUT2D eigenvalue weighted by Crippen LogP contribution is -2.16. The summed E-state index contributed by atoms with van der Waals surface area (Å²) in [5.41, 5.74) is 1.52. The van der Waals surface area contributed by atoms with Crippen LogP contribution in [0.5, 0.6) is 17.2 Å². The van der Waals surface area contributed by atoms with E-state index < -0.39 is 0 Å². The summed E-state index contributed by atoms with van der Waals surface area (Å²) in [4.78, 5) is 12.1. The molecule has 0 aliphatic rings. The summed E-state index contributed by atoms with van der Waals surface area (Å²) < 4.78 is 15.5. The van der Waals surface area contributed by atoms with Gasteiger partial charge in [-0.3, -0.25) is 4.79 Å². The van der Waals surface area contributed by atoms with Crippen LogP contribution >= 0.6 is 0 Å². The number of nitrogens with one attached hydrogen (secondary N) is 2. The van der Waals surface area contributed by atoms with E-state index in [1.807, 2.05) is 24.3 Å². The molecule has 0 radical (unpaired) electrons. The first-order valence-electron chi connectivity index (χ1n) is 7.56. The minimum atomic E-state index is -0.109. The molecule has 1 amide bonds. The predicted molar refractivity (Wildman–Crippen MR) is 94.3 cm³/mol. The lowest BCUT2D eigenvalue weighted by Gasteiger charge is -2.12. The Balaban J connectivity index is 1.86. The average molecular weight is 330 g/mol. The molecule has 6 nitrogen and oxygen atoms in total. The maximum absolute atomic E-state index is 12.1. The number of amides is 1. The second-order valence-corrected chi connectivity index (χ2v) is 5.02. The van der Waals surface area contributed by atoms with E-state index in [4.69, 9.17) is 14.2 Å². The van der Waals surface area contributed by atoms with Crippen molar-refractivity contribution in [1.82, 2.24) is 0 Å². The normalized spacial score (nSPS) is 9.96. The summed E-state index contributed by atoms with van der Waals surface area (Å²) in [7, 11) is 4.76. The molecule has 0 unspecified atom stereocenters. The molecule has 0 atom stereocenters. The molecular formula is C18H22N2O4. The molecule has 0 aromatic heterocycles. The van der Waals surface area contributed by atoms with Crippen molar-refractivity contribution in [2.45, 2.75) is 6.42 Å². The number of anilines is 2. The number of ether oxygens (including phenoxy) is 3. The van der Waals surface area contributed by atoms with Gasteiger partial charge in [-0.2, -0.15) is 0 Å². The molecule has 6 heteroatoms. The van der Waals surface area contributed by atoms with Crippen LogP contribution in [0.15, 0.2) is 42.5 Å². The quantitative estimate of drug-likeness (QED) is 0.778. The number of hydrogen-bond donors (Lipinski definition) is 2. The molecular weight excluding hydrogens is 308 g/mol. The van der Waals surface area contributed by atoms with Crippen LogP contribution < -0.4 is 24.8 Å². The Morgan fingerprint density at radius 3 is 2.21 bits per heavy atom. The molecule has 0 aliphatic heterocycles. The van der Waals surface area contributed by atoms with Crippen LogP contribution in [0.3, 0.4) is 0 Å². The van der Waals surface area contributed by atoms with E-state index >= 15 is 0 Å². The zero-order valence-corrected chi connectivity index (χ0v) is 14.1. The molecule has 2 rings (SSSR count). The number of benzene rings is 2. The first kappa shape index (κ1) is 17.5. The Labute approximate surface area is 141 Å². The molecule has 2 aromatic carbocycles. The number of rotatable bonds is 8. The maximum Gasteiger partial charge on any atom is 0.226 e. The van der Waals surface area contributed by atoms with Crippen LogP contribution in [0.4, 0.5) is 11.4 Å². The highest BCUT2D eigenvalue weighted by Gasteiger charge is 2.09. The summed E-state index contributed by atoms with van der Waals surface area (Å²) in [6.45, 7) is 0.518. The summed E-state index contributed by atoms with van der Waals surface area (Å²) in [5, 5.41) is 6.03. The van der Waals surface area contributed by atoms with Crippen LogP contribution in [0.25, 0.3) is 0 Å². The largest absolute Gasteiger partial charge is 0.497 e. The highest BCUT2D eigenvalue weighted by atomic mass is 16.5. The molecule has 128 valence electrons. The van der Waals surface area contributed by atoms with Gasteiger partial charge in [0.25, 0.3) is 0 Å². The lowest BCUT2D eigenvalue weighted by molar-refractivity contribution is -0.116. The third-order valence-electron chi connectivity index (χ3n) is 3.45. The van der Waals surface area contributed by atoms with Crippen LogP contribution in [0, 0.1) is 0 Å². The molecule has 0 spiro atoms. The Hall–Kier alpha value is -2.89. The Morgan fingerprint density at radius 2 is 1.58 bits per heavy atom. The van der Waals surface area contributed by atoms with Crippen LogP contribution in [-0.4, -0.2) is 33.8 Å². The van der Waals surface area contributed by atoms with Gasteiger partial charge >= 0.3 is 0 Å². The molecule has 2 N–H and O–H groups in total. The van der Waals surface area contributed by atoms with Gasteiger partial charge in [0.2, 0.25) is 5.91 Å². The monoisotopic (exact) mass is 330 g/mol. The minimum Gasteiger partial charge on any atom is -0.497 e. The smallest absolute Gasteiger partial charge is 0.226 e. The standard InChI is InChI=1S/C18H22N2O4/c1-22-14-6-4-13(5-7-14)19-11-10-18(21)20-16-12-15(23-2)8-9-17(16)24-3/h4-9,12,19H,10-11H2,1-3H3,(H,20,21). The second kappa shape index (κ2) is 8.67. The van der Waals surface area contributed by atoms with E-state index in [-0.39, 0.29) is 5.91 Å². The van der Waals surface area contributed by atoms with Gasteiger partial charge in [0, 0.05) is 24.7 Å². The third kappa shape index (κ3) is 4.81. The zero-order valence-electron chi connectivity index (χ0n) is 14.1. The van der Waals surface area contributed by atoms with Crippen molar-refractivity contribution in [2.75, 3.05) is 38.5 Å². The van der Waals surface area contributed by atoms with Gasteiger partial charge in [-0.05, 0) is 36.4 Å². The fourth-order valence-corrected chi connectivity index (χ4v) is 2.15. The summed E-state index contributed by atoms with van der Waals surface area (Å²) in [6, 6.07) is 12.8. The lowest BCUT2D eigenvalue weighted by atomic mass is 10.2. The Morgan fingerprint density at radius 1 is 0.917 bits per heavy atom. The van der Waals surface area contributed by atoms with Crippen LogP contribution in [0.1, 0.15) is 6.42 Å². The van der Waals surface area contributed by atoms with Crippen molar-refractivity contribution in [2.24, 2.45) is 0 Å². The van der Waals surface area contributed by atoms with Gasteiger partial charge in [0.05, 0.1) is 27.0 Å². The van der Waals surface area contributed by atoms with E-state index in [1.54, 1.807) is 39.5 Å². The van der Waals surface area contributed by atoms with E-state index in [1.165, 1.54) is 0 Å². The van der Waals surface area contributed by atoms with Gasteiger partial charge in [-0.15, -0.1) is 0 Å². The van der Waals surface area contributed by atoms with Crippen molar-refractivity contribution < 1.29 is 19.0 Å². The summed E-state index contributed by atoms with van der Waals surface area (Å²) >= 11 is 0. The number of carbonyl (C=O) groups excluding carboxylic acids is 1. The van der Waals surface area contributed by atoms with Crippen molar-refractivity contribution in [3.8, 4) is 17.2 Å². The van der Waals surface area contributed by atoms with E-state index in [0.717, 1.165) is 11.4 Å². The molecule has 2 aromatic rings. The minimum absolute atomic E-state index is 0.109. The summed E-state index contributed by atoms with van der Waals surface area (Å²) in [6.07, 6.45) is 0.326. The van der Waals surface area contributed by atoms with Crippen molar-refractivity contribution in [3.05, 3.63) is 42.5 Å². The van der Waals surface area contributed by atoms with Gasteiger partial charge in [-0.1, -0.05) is 0 Å². The molecule has 0 heterocycles. The molecule has 0 aliphatic carbocycles. The third-order valence-corrected chi connectivity index (χ3v) is 3.45. The summed E-state index contributed by atoms with van der Waals surface area (Å²) in [5.74, 6) is 1.93. The second-order valence-electron chi connectivity index (χ2n) is 5.02. The van der Waals surface area contributed by atoms with Crippen molar-refractivity contribution in [3.63, 3.8) is 0 Å². The SMILES string of the molecule is COc1ccc(NCCC(=O)Nc2cc(OC)ccc2OC)cc1. The van der Waals surface area contributed by atoms with Gasteiger partial charge in [0.15, 0.2) is 0 Å². The van der Waals surface area contributed by atoms with Gasteiger partial charge in [0.1, 0.15) is 17.2 Å². The fourth-order valence-electron chi connectivity index (χ4n) is 2.15. The highest BCUT2D eigenvalue weighted by Crippen LogP contribution is 2.28. The van der Waals surface area contributed by atoms with Crippen LogP contribution in [0.2, 0.25) is 0 Å². The van der Waals surface area contributed by atoms with Crippen molar-refractivity contribution >= 4 is 17.3 Å². The Kier molecular flexibility index (Phi) is 6.31. The van der Waals surface area contributed by atoms with Crippen LogP contribution in [-0.2, 0) is 4.79 Å². The van der Waals surface area contributed by atoms with Crippen molar-refractivity contribution in [1.29, 1.82) is 0 Å². The average Bonchev–Trinajstić information content (AvgIpc) is 2.62. The first-order valence-corrected chi connectivity index (χ1v) is 7.56. The van der Waals surface area contributed by atoms with Gasteiger partial charge in [-0.25, -0.2) is 0 Å². The highest BCUT2D eigenvalue weighted by molar-refractivity contribution is 5.92. The van der Waals surface area contributed by atoms with E-state index in [2.05, 4.69) is 10.6 Å². The molecule has 0 bridgehead atoms.